The van der Waals surface area contributed by atoms with Crippen LogP contribution in [-0.4, -0.2) is 54.2 Å². The Hall–Kier alpha value is -1.98. The molecule has 0 radical (unpaired) electrons. The maximum atomic E-state index is 14.2. The van der Waals surface area contributed by atoms with Crippen molar-refractivity contribution in [2.24, 2.45) is 5.41 Å². The minimum Gasteiger partial charge on any atom is -0.345 e. The number of hydrogen-bond acceptors (Lipinski definition) is 2. The standard InChI is InChI=1S/C17H20F2N2O2/c1-12-4-3-5-13(8-12)14(22)21-10-16(9-17(18,19)11-21)6-7-20(2)15(16)23/h3-5,8H,6-7,9-11H2,1-2H3. The van der Waals surface area contributed by atoms with E-state index in [0.29, 0.717) is 18.5 Å². The van der Waals surface area contributed by atoms with Crippen LogP contribution in [0.4, 0.5) is 8.78 Å². The summed E-state index contributed by atoms with van der Waals surface area (Å²) in [5.41, 5.74) is 0.137. The van der Waals surface area contributed by atoms with E-state index in [1.165, 1.54) is 4.90 Å². The second kappa shape index (κ2) is 5.28. The molecule has 1 atom stereocenters. The van der Waals surface area contributed by atoms with E-state index in [9.17, 15) is 18.4 Å². The van der Waals surface area contributed by atoms with E-state index in [1.807, 2.05) is 13.0 Å². The highest BCUT2D eigenvalue weighted by molar-refractivity contribution is 5.95. The molecule has 1 aromatic carbocycles. The lowest BCUT2D eigenvalue weighted by molar-refractivity contribution is -0.150. The normalized spacial score (nSPS) is 26.9. The van der Waals surface area contributed by atoms with Crippen molar-refractivity contribution in [2.45, 2.75) is 25.7 Å². The van der Waals surface area contributed by atoms with Crippen molar-refractivity contribution in [2.75, 3.05) is 26.7 Å². The van der Waals surface area contributed by atoms with E-state index in [2.05, 4.69) is 0 Å². The van der Waals surface area contributed by atoms with Crippen LogP contribution in [0.25, 0.3) is 0 Å². The molecule has 23 heavy (non-hydrogen) atoms. The molecule has 4 nitrogen and oxygen atoms in total. The molecular formula is C17H20F2N2O2. The van der Waals surface area contributed by atoms with E-state index in [1.54, 1.807) is 25.2 Å². The van der Waals surface area contributed by atoms with Crippen LogP contribution in [0.1, 0.15) is 28.8 Å². The average molecular weight is 322 g/mol. The van der Waals surface area contributed by atoms with Gasteiger partial charge in [-0.1, -0.05) is 17.7 Å². The zero-order valence-corrected chi connectivity index (χ0v) is 13.3. The van der Waals surface area contributed by atoms with Crippen molar-refractivity contribution in [3.8, 4) is 0 Å². The first-order valence-corrected chi connectivity index (χ1v) is 7.72. The molecule has 1 unspecified atom stereocenters. The van der Waals surface area contributed by atoms with Gasteiger partial charge in [0, 0.05) is 32.1 Å². The summed E-state index contributed by atoms with van der Waals surface area (Å²) in [5.74, 6) is -3.76. The van der Waals surface area contributed by atoms with Crippen molar-refractivity contribution in [3.63, 3.8) is 0 Å². The smallest absolute Gasteiger partial charge is 0.266 e. The first-order chi connectivity index (χ1) is 10.7. The lowest BCUT2D eigenvalue weighted by atomic mass is 9.76. The van der Waals surface area contributed by atoms with E-state index in [4.69, 9.17) is 0 Å². The van der Waals surface area contributed by atoms with Crippen LogP contribution in [0, 0.1) is 12.3 Å². The zero-order valence-electron chi connectivity index (χ0n) is 13.3. The third-order valence-electron chi connectivity index (χ3n) is 4.79. The van der Waals surface area contributed by atoms with Crippen LogP contribution in [-0.2, 0) is 4.79 Å². The Balaban J connectivity index is 1.91. The molecule has 1 aromatic rings. The Labute approximate surface area is 134 Å². The van der Waals surface area contributed by atoms with E-state index in [0.717, 1.165) is 10.5 Å². The Kier molecular flexibility index (Phi) is 3.65. The van der Waals surface area contributed by atoms with Crippen LogP contribution in [0.2, 0.25) is 0 Å². The number of halogens is 2. The Bertz CT molecular complexity index is 662. The van der Waals surface area contributed by atoms with Crippen LogP contribution in [0.15, 0.2) is 24.3 Å². The number of hydrogen-bond donors (Lipinski definition) is 0. The predicted octanol–water partition coefficient (Wildman–Crippen LogP) is 2.32. The fourth-order valence-corrected chi connectivity index (χ4v) is 3.72. The highest BCUT2D eigenvalue weighted by Gasteiger charge is 2.57. The first kappa shape index (κ1) is 15.9. The SMILES string of the molecule is Cc1cccc(C(=O)N2CC(F)(F)CC3(CCN(C)C3=O)C2)c1. The van der Waals surface area contributed by atoms with Crippen LogP contribution >= 0.6 is 0 Å². The van der Waals surface area contributed by atoms with E-state index >= 15 is 0 Å². The van der Waals surface area contributed by atoms with Gasteiger partial charge in [0.2, 0.25) is 5.91 Å². The number of likely N-dealkylation sites (tertiary alicyclic amines) is 2. The maximum Gasteiger partial charge on any atom is 0.266 e. The summed E-state index contributed by atoms with van der Waals surface area (Å²) in [6.07, 6.45) is -0.101. The van der Waals surface area contributed by atoms with Gasteiger partial charge in [-0.2, -0.15) is 0 Å². The second-order valence-electron chi connectivity index (χ2n) is 6.82. The number of carbonyl (C=O) groups is 2. The van der Waals surface area contributed by atoms with Gasteiger partial charge >= 0.3 is 0 Å². The number of aryl methyl sites for hydroxylation is 1. The minimum atomic E-state index is -3.04. The molecule has 6 heteroatoms. The van der Waals surface area contributed by atoms with Gasteiger partial charge < -0.3 is 9.80 Å². The zero-order chi connectivity index (χ0) is 16.8. The molecule has 2 fully saturated rings. The summed E-state index contributed by atoms with van der Waals surface area (Å²) in [6.45, 7) is 1.75. The van der Waals surface area contributed by atoms with Gasteiger partial charge in [0.15, 0.2) is 0 Å². The number of rotatable bonds is 1. The summed E-state index contributed by atoms with van der Waals surface area (Å²) < 4.78 is 28.5. The van der Waals surface area contributed by atoms with Crippen LogP contribution in [0.5, 0.6) is 0 Å². The van der Waals surface area contributed by atoms with Gasteiger partial charge in [-0.15, -0.1) is 0 Å². The molecular weight excluding hydrogens is 302 g/mol. The number of benzene rings is 1. The van der Waals surface area contributed by atoms with Gasteiger partial charge in [0.1, 0.15) is 0 Å². The molecule has 0 aliphatic carbocycles. The first-order valence-electron chi connectivity index (χ1n) is 7.72. The number of piperidine rings is 1. The minimum absolute atomic E-state index is 0.0680. The Morgan fingerprint density at radius 3 is 2.61 bits per heavy atom. The summed E-state index contributed by atoms with van der Waals surface area (Å²) in [6, 6.07) is 6.88. The van der Waals surface area contributed by atoms with Gasteiger partial charge in [-0.05, 0) is 25.5 Å². The summed E-state index contributed by atoms with van der Waals surface area (Å²) in [5, 5.41) is 0. The number of nitrogens with zero attached hydrogens (tertiary/aromatic N) is 2. The fourth-order valence-electron chi connectivity index (χ4n) is 3.72. The average Bonchev–Trinajstić information content (AvgIpc) is 2.73. The molecule has 3 rings (SSSR count). The number of carbonyl (C=O) groups excluding carboxylic acids is 2. The molecule has 2 aliphatic heterocycles. The van der Waals surface area contributed by atoms with Gasteiger partial charge in [-0.25, -0.2) is 8.78 Å². The largest absolute Gasteiger partial charge is 0.345 e. The van der Waals surface area contributed by atoms with Crippen molar-refractivity contribution in [3.05, 3.63) is 35.4 Å². The predicted molar refractivity (Wildman–Crippen MR) is 81.3 cm³/mol. The van der Waals surface area contributed by atoms with E-state index < -0.39 is 30.2 Å². The lowest BCUT2D eigenvalue weighted by Crippen LogP contribution is -2.57. The quantitative estimate of drug-likeness (QED) is 0.796. The van der Waals surface area contributed by atoms with Gasteiger partial charge in [0.05, 0.1) is 12.0 Å². The van der Waals surface area contributed by atoms with E-state index in [-0.39, 0.29) is 12.5 Å². The Morgan fingerprint density at radius 2 is 2.00 bits per heavy atom. The van der Waals surface area contributed by atoms with Crippen LogP contribution < -0.4 is 0 Å². The van der Waals surface area contributed by atoms with Crippen LogP contribution in [0.3, 0.4) is 0 Å². The topological polar surface area (TPSA) is 40.6 Å². The van der Waals surface area contributed by atoms with Crippen molar-refractivity contribution in [1.82, 2.24) is 9.80 Å². The van der Waals surface area contributed by atoms with Gasteiger partial charge in [-0.3, -0.25) is 9.59 Å². The maximum absolute atomic E-state index is 14.2. The highest BCUT2D eigenvalue weighted by Crippen LogP contribution is 2.45. The molecule has 1 spiro atoms. The number of alkyl halides is 2. The third kappa shape index (κ3) is 2.82. The molecule has 0 N–H and O–H groups in total. The Morgan fingerprint density at radius 1 is 1.26 bits per heavy atom. The highest BCUT2D eigenvalue weighted by atomic mass is 19.3. The molecule has 0 saturated carbocycles. The molecule has 0 bridgehead atoms. The summed E-state index contributed by atoms with van der Waals surface area (Å²) in [4.78, 5) is 27.6. The van der Waals surface area contributed by atoms with Gasteiger partial charge in [0.25, 0.3) is 11.8 Å². The van der Waals surface area contributed by atoms with Crippen molar-refractivity contribution < 1.29 is 18.4 Å². The molecule has 2 amide bonds. The fraction of sp³-hybridized carbons (Fsp3) is 0.529. The summed E-state index contributed by atoms with van der Waals surface area (Å²) in [7, 11) is 1.62. The molecule has 124 valence electrons. The monoisotopic (exact) mass is 322 g/mol. The van der Waals surface area contributed by atoms with Crippen molar-refractivity contribution >= 4 is 11.8 Å². The molecule has 0 aromatic heterocycles. The third-order valence-corrected chi connectivity index (χ3v) is 4.79. The lowest BCUT2D eigenvalue weighted by Gasteiger charge is -2.42. The summed E-state index contributed by atoms with van der Waals surface area (Å²) >= 11 is 0. The molecule has 2 heterocycles. The number of amides is 2. The molecule has 2 saturated heterocycles. The molecule has 2 aliphatic rings. The second-order valence-corrected chi connectivity index (χ2v) is 6.82. The van der Waals surface area contributed by atoms with Crippen molar-refractivity contribution in [1.29, 1.82) is 0 Å².